The van der Waals surface area contributed by atoms with Crippen LogP contribution < -0.4 is 5.73 Å². The van der Waals surface area contributed by atoms with E-state index < -0.39 is 20.8 Å². The van der Waals surface area contributed by atoms with Crippen LogP contribution in [0.25, 0.3) is 10.8 Å². The summed E-state index contributed by atoms with van der Waals surface area (Å²) in [6.07, 6.45) is 0. The van der Waals surface area contributed by atoms with Gasteiger partial charge in [-0.05, 0) is 12.1 Å². The summed E-state index contributed by atoms with van der Waals surface area (Å²) in [6, 6.07) is 2.48. The van der Waals surface area contributed by atoms with Crippen molar-refractivity contribution >= 4 is 50.0 Å². The van der Waals surface area contributed by atoms with Crippen molar-refractivity contribution in [1.82, 2.24) is 0 Å². The molecule has 2 aromatic carbocycles. The fraction of sp³-hybridized carbons (Fsp3) is 0.167. The van der Waals surface area contributed by atoms with Crippen LogP contribution in [0.3, 0.4) is 0 Å². The van der Waals surface area contributed by atoms with Gasteiger partial charge in [-0.15, -0.1) is 4.33 Å². The van der Waals surface area contributed by atoms with Gasteiger partial charge in [0.1, 0.15) is 16.3 Å². The fourth-order valence-corrected chi connectivity index (χ4v) is 3.55. The molecule has 140 valence electrons. The predicted octanol–water partition coefficient (Wildman–Crippen LogP) is 3.23. The minimum atomic E-state index is -4.80. The lowest BCUT2D eigenvalue weighted by atomic mass is 10.1. The van der Waals surface area contributed by atoms with Gasteiger partial charge in [0.05, 0.1) is 22.6 Å². The molecule has 14 heteroatoms. The molecule has 12 nitrogen and oxygen atoms in total. The van der Waals surface area contributed by atoms with Gasteiger partial charge in [0, 0.05) is 24.9 Å². The first-order valence-electron chi connectivity index (χ1n) is 6.60. The monoisotopic (exact) mass is 403 g/mol. The normalized spacial score (nSPS) is 12.6. The Kier molecular flexibility index (Phi) is 6.06. The van der Waals surface area contributed by atoms with E-state index in [-0.39, 0.29) is 32.7 Å². The summed E-state index contributed by atoms with van der Waals surface area (Å²) in [7, 11) is -2.13. The van der Waals surface area contributed by atoms with Crippen molar-refractivity contribution in [2.75, 3.05) is 19.8 Å². The Hall–Kier alpha value is -2.36. The van der Waals surface area contributed by atoms with Crippen molar-refractivity contribution in [2.24, 2.45) is 20.5 Å². The Morgan fingerprint density at radius 1 is 1.15 bits per heavy atom. The third-order valence-electron chi connectivity index (χ3n) is 3.14. The number of fused-ring (bicyclic) bond motifs is 1. The summed E-state index contributed by atoms with van der Waals surface area (Å²) in [5, 5.41) is 36.7. The predicted molar refractivity (Wildman–Crippen MR) is 91.4 cm³/mol. The van der Waals surface area contributed by atoms with Gasteiger partial charge in [-0.1, -0.05) is 5.04 Å². The minimum Gasteiger partial charge on any atom is -0.505 e. The molecule has 26 heavy (non-hydrogen) atoms. The molecule has 0 spiro atoms. The zero-order valence-corrected chi connectivity index (χ0v) is 14.9. The van der Waals surface area contributed by atoms with Crippen molar-refractivity contribution in [3.63, 3.8) is 0 Å². The molecule has 0 aromatic heterocycles. The molecule has 2 aromatic rings. The third-order valence-corrected chi connectivity index (χ3v) is 4.72. The number of nitrogen functional groups attached to an aromatic ring is 1. The van der Waals surface area contributed by atoms with Crippen LogP contribution in [-0.4, -0.2) is 37.4 Å². The van der Waals surface area contributed by atoms with E-state index in [1.54, 1.807) is 0 Å². The summed E-state index contributed by atoms with van der Waals surface area (Å²) in [5.41, 5.74) is 5.24. The molecule has 0 amide bonds. The van der Waals surface area contributed by atoms with Crippen LogP contribution in [0.4, 0.5) is 17.1 Å². The summed E-state index contributed by atoms with van der Waals surface area (Å²) in [6.45, 7) is 0. The van der Waals surface area contributed by atoms with Crippen LogP contribution in [-0.2, 0) is 19.5 Å². The van der Waals surface area contributed by atoms with Crippen LogP contribution in [0.15, 0.2) is 42.4 Å². The molecule has 0 saturated carbocycles. The maximum atomic E-state index is 11.8. The first-order chi connectivity index (χ1) is 12.3. The van der Waals surface area contributed by atoms with Crippen molar-refractivity contribution in [1.29, 1.82) is 0 Å². The summed E-state index contributed by atoms with van der Waals surface area (Å²) in [4.78, 5) is -0.664. The molecule has 0 radical (unpaired) electrons. The van der Waals surface area contributed by atoms with E-state index in [9.17, 15) is 18.1 Å². The van der Waals surface area contributed by atoms with E-state index in [4.69, 9.17) is 11.0 Å². The Morgan fingerprint density at radius 2 is 1.81 bits per heavy atom. The molecule has 0 aliphatic rings. The number of azo groups is 2. The lowest BCUT2D eigenvalue weighted by Gasteiger charge is -2.14. The van der Waals surface area contributed by atoms with Crippen LogP contribution in [0.5, 0.6) is 5.75 Å². The average molecular weight is 403 g/mol. The highest BCUT2D eigenvalue weighted by Gasteiger charge is 2.26. The Balaban J connectivity index is 3.03. The number of hydrogen-bond acceptors (Lipinski definition) is 12. The molecular weight excluding hydrogens is 390 g/mol. The fourth-order valence-electron chi connectivity index (χ4n) is 2.24. The third kappa shape index (κ3) is 3.74. The summed E-state index contributed by atoms with van der Waals surface area (Å²) < 4.78 is 37.6. The summed E-state index contributed by atoms with van der Waals surface area (Å²) in [5.74, 6) is -0.491. The molecule has 2 rings (SSSR count). The number of phenols is 1. The molecule has 0 fully saturated rings. The van der Waals surface area contributed by atoms with Crippen molar-refractivity contribution in [3.8, 4) is 5.75 Å². The zero-order valence-electron chi connectivity index (χ0n) is 13.3. The van der Waals surface area contributed by atoms with Gasteiger partial charge in [0.15, 0.2) is 5.75 Å². The SMILES string of the molecule is CN=Nc1cc2c(O)c(N=NC)c(SOOO)cc2c(S(=O)(=O)O)c1N. The lowest BCUT2D eigenvalue weighted by molar-refractivity contribution is -0.432. The maximum absolute atomic E-state index is 11.8. The van der Waals surface area contributed by atoms with E-state index >= 15 is 0 Å². The first-order valence-corrected chi connectivity index (χ1v) is 8.78. The number of anilines is 1. The van der Waals surface area contributed by atoms with Gasteiger partial charge in [0.25, 0.3) is 10.1 Å². The summed E-state index contributed by atoms with van der Waals surface area (Å²) >= 11 is 0.410. The second kappa shape index (κ2) is 7.90. The van der Waals surface area contributed by atoms with Gasteiger partial charge < -0.3 is 10.8 Å². The molecule has 0 bridgehead atoms. The van der Waals surface area contributed by atoms with E-state index in [1.165, 1.54) is 26.2 Å². The van der Waals surface area contributed by atoms with E-state index in [0.29, 0.717) is 12.0 Å². The smallest absolute Gasteiger partial charge is 0.297 e. The molecular formula is C12H13N5O7S2. The van der Waals surface area contributed by atoms with Crippen molar-refractivity contribution < 1.29 is 32.7 Å². The molecule has 0 aliphatic heterocycles. The standard InChI is InChI=1S/C12H13N5O7S2/c1-14-16-7-3-5-6(12(9(7)13)26(20,21)22)4-8(25-24-23-19)10(11(5)18)17-15-2/h3-4,18-19H,13H2,1-2H3,(H,20,21,22). The second-order valence-corrected chi connectivity index (χ2v) is 6.71. The number of rotatable bonds is 6. The molecule has 0 heterocycles. The molecule has 0 unspecified atom stereocenters. The van der Waals surface area contributed by atoms with Gasteiger partial charge >= 0.3 is 0 Å². The molecule has 0 atom stereocenters. The van der Waals surface area contributed by atoms with E-state index in [0.717, 1.165) is 0 Å². The van der Waals surface area contributed by atoms with Gasteiger partial charge in [-0.2, -0.15) is 28.9 Å². The first kappa shape index (κ1) is 20.0. The molecule has 0 aliphatic carbocycles. The minimum absolute atomic E-state index is 0.0174. The number of aromatic hydroxyl groups is 1. The van der Waals surface area contributed by atoms with Crippen molar-refractivity contribution in [3.05, 3.63) is 12.1 Å². The quantitative estimate of drug-likeness (QED) is 0.140. The molecule has 5 N–H and O–H groups in total. The van der Waals surface area contributed by atoms with E-state index in [2.05, 4.69) is 29.8 Å². The van der Waals surface area contributed by atoms with Crippen LogP contribution in [0, 0.1) is 0 Å². The highest BCUT2D eigenvalue weighted by atomic mass is 32.2. The highest BCUT2D eigenvalue weighted by Crippen LogP contribution is 2.48. The number of nitrogens with zero attached hydrogens (tertiary/aromatic N) is 4. The Morgan fingerprint density at radius 3 is 2.35 bits per heavy atom. The Bertz CT molecular complexity index is 1010. The number of phenolic OH excluding ortho intramolecular Hbond substituents is 1. The molecule has 0 saturated heterocycles. The van der Waals surface area contributed by atoms with Crippen LogP contribution >= 0.6 is 12.0 Å². The van der Waals surface area contributed by atoms with Gasteiger partial charge in [-0.3, -0.25) is 4.55 Å². The number of hydrogen-bond donors (Lipinski definition) is 4. The highest BCUT2D eigenvalue weighted by molar-refractivity contribution is 7.94. The number of benzene rings is 2. The average Bonchev–Trinajstić information content (AvgIpc) is 2.56. The lowest BCUT2D eigenvalue weighted by Crippen LogP contribution is -2.05. The number of nitrogens with two attached hydrogens (primary N) is 1. The largest absolute Gasteiger partial charge is 0.505 e. The van der Waals surface area contributed by atoms with E-state index in [1.807, 2.05) is 0 Å². The van der Waals surface area contributed by atoms with Crippen molar-refractivity contribution in [2.45, 2.75) is 9.79 Å². The zero-order chi connectivity index (χ0) is 19.5. The topological polar surface area (TPSA) is 189 Å². The van der Waals surface area contributed by atoms with Crippen LogP contribution in [0.1, 0.15) is 0 Å². The van der Waals surface area contributed by atoms with Gasteiger partial charge in [0.2, 0.25) is 0 Å². The van der Waals surface area contributed by atoms with Crippen LogP contribution in [0.2, 0.25) is 0 Å². The Labute approximate surface area is 151 Å². The second-order valence-electron chi connectivity index (χ2n) is 4.61. The van der Waals surface area contributed by atoms with Gasteiger partial charge in [-0.25, -0.2) is 5.26 Å². The maximum Gasteiger partial charge on any atom is 0.297 e.